The van der Waals surface area contributed by atoms with E-state index in [2.05, 4.69) is 11.4 Å². The first-order chi connectivity index (χ1) is 9.34. The van der Waals surface area contributed by atoms with Crippen molar-refractivity contribution in [1.29, 1.82) is 0 Å². The van der Waals surface area contributed by atoms with Gasteiger partial charge in [-0.05, 0) is 49.7 Å². The number of aryl methyl sites for hydroxylation is 1. The summed E-state index contributed by atoms with van der Waals surface area (Å²) in [6.07, 6.45) is 4.85. The summed E-state index contributed by atoms with van der Waals surface area (Å²) in [4.78, 5) is 12.0. The van der Waals surface area contributed by atoms with E-state index in [0.717, 1.165) is 42.9 Å². The van der Waals surface area contributed by atoms with Crippen molar-refractivity contribution in [2.75, 3.05) is 6.54 Å². The first kappa shape index (κ1) is 12.4. The van der Waals surface area contributed by atoms with E-state index in [-0.39, 0.29) is 5.56 Å². The number of pyridine rings is 1. The largest absolute Gasteiger partial charge is 0.314 e. The fourth-order valence-electron chi connectivity index (χ4n) is 2.46. The van der Waals surface area contributed by atoms with Crippen LogP contribution in [0.2, 0.25) is 0 Å². The summed E-state index contributed by atoms with van der Waals surface area (Å²) in [7, 11) is 0. The number of unbranched alkanes of at least 4 members (excludes halogenated alkanes) is 1. The fourth-order valence-corrected chi connectivity index (χ4v) is 2.46. The Labute approximate surface area is 113 Å². The zero-order chi connectivity index (χ0) is 13.1. The molecule has 1 saturated carbocycles. The Kier molecular flexibility index (Phi) is 3.65. The third-order valence-electron chi connectivity index (χ3n) is 3.72. The predicted octanol–water partition coefficient (Wildman–Crippen LogP) is 2.53. The molecule has 0 amide bonds. The van der Waals surface area contributed by atoms with Crippen LogP contribution in [0.4, 0.5) is 0 Å². The second-order valence-corrected chi connectivity index (χ2v) is 5.32. The van der Waals surface area contributed by atoms with Gasteiger partial charge in [-0.15, -0.1) is 0 Å². The van der Waals surface area contributed by atoms with Crippen molar-refractivity contribution in [3.05, 3.63) is 46.8 Å². The molecule has 0 atom stereocenters. The van der Waals surface area contributed by atoms with Gasteiger partial charge in [-0.3, -0.25) is 4.79 Å². The fraction of sp³-hybridized carbons (Fsp3) is 0.438. The first-order valence-corrected chi connectivity index (χ1v) is 7.16. The van der Waals surface area contributed by atoms with Gasteiger partial charge in [0.15, 0.2) is 0 Å². The van der Waals surface area contributed by atoms with E-state index in [4.69, 9.17) is 0 Å². The van der Waals surface area contributed by atoms with Crippen LogP contribution in [0, 0.1) is 0 Å². The van der Waals surface area contributed by atoms with Gasteiger partial charge < -0.3 is 9.88 Å². The molecule has 1 heterocycles. The van der Waals surface area contributed by atoms with Gasteiger partial charge in [0.05, 0.1) is 5.52 Å². The van der Waals surface area contributed by atoms with E-state index in [1.54, 1.807) is 6.07 Å². The highest BCUT2D eigenvalue weighted by Crippen LogP contribution is 2.18. The van der Waals surface area contributed by atoms with Gasteiger partial charge in [-0.25, -0.2) is 0 Å². The Bertz CT molecular complexity index is 613. The van der Waals surface area contributed by atoms with E-state index in [1.165, 1.54) is 12.8 Å². The third-order valence-corrected chi connectivity index (χ3v) is 3.72. The minimum atomic E-state index is 0.105. The van der Waals surface area contributed by atoms with Crippen molar-refractivity contribution in [3.8, 4) is 0 Å². The standard InChI is InChI=1S/C16H20N2O/c19-16-10-7-13-5-1-2-6-15(13)18(16)12-4-3-11-17-14-8-9-14/h1-2,5-7,10,14,17H,3-4,8-9,11-12H2. The predicted molar refractivity (Wildman–Crippen MR) is 78.5 cm³/mol. The number of nitrogens with zero attached hydrogens (tertiary/aromatic N) is 1. The molecule has 0 radical (unpaired) electrons. The van der Waals surface area contributed by atoms with Crippen LogP contribution in [0.25, 0.3) is 10.9 Å². The quantitative estimate of drug-likeness (QED) is 0.806. The van der Waals surface area contributed by atoms with Crippen molar-refractivity contribution >= 4 is 10.9 Å². The van der Waals surface area contributed by atoms with E-state index in [1.807, 2.05) is 28.8 Å². The van der Waals surface area contributed by atoms with Gasteiger partial charge >= 0.3 is 0 Å². The molecular weight excluding hydrogens is 236 g/mol. The van der Waals surface area contributed by atoms with Crippen LogP contribution in [-0.2, 0) is 6.54 Å². The molecule has 0 spiro atoms. The van der Waals surface area contributed by atoms with Crippen molar-refractivity contribution in [2.24, 2.45) is 0 Å². The van der Waals surface area contributed by atoms with Gasteiger partial charge in [0.2, 0.25) is 0 Å². The normalized spacial score (nSPS) is 14.9. The Morgan fingerprint density at radius 2 is 1.95 bits per heavy atom. The number of benzene rings is 1. The van der Waals surface area contributed by atoms with Crippen LogP contribution in [0.3, 0.4) is 0 Å². The summed E-state index contributed by atoms with van der Waals surface area (Å²) in [5, 5.41) is 4.64. The summed E-state index contributed by atoms with van der Waals surface area (Å²) < 4.78 is 1.90. The van der Waals surface area contributed by atoms with E-state index in [9.17, 15) is 4.79 Å². The van der Waals surface area contributed by atoms with Gasteiger partial charge in [-0.1, -0.05) is 18.2 Å². The Morgan fingerprint density at radius 1 is 1.11 bits per heavy atom. The van der Waals surface area contributed by atoms with Crippen LogP contribution in [0.15, 0.2) is 41.2 Å². The second kappa shape index (κ2) is 5.57. The number of hydrogen-bond donors (Lipinski definition) is 1. The Balaban J connectivity index is 1.65. The first-order valence-electron chi connectivity index (χ1n) is 7.16. The number of nitrogens with one attached hydrogen (secondary N) is 1. The lowest BCUT2D eigenvalue weighted by atomic mass is 10.2. The molecule has 3 nitrogen and oxygen atoms in total. The molecule has 1 aliphatic carbocycles. The van der Waals surface area contributed by atoms with Crippen molar-refractivity contribution in [3.63, 3.8) is 0 Å². The number of fused-ring (bicyclic) bond motifs is 1. The third kappa shape index (κ3) is 3.04. The molecule has 19 heavy (non-hydrogen) atoms. The molecule has 1 fully saturated rings. The minimum absolute atomic E-state index is 0.105. The van der Waals surface area contributed by atoms with Crippen molar-refractivity contribution in [1.82, 2.24) is 9.88 Å². The van der Waals surface area contributed by atoms with E-state index >= 15 is 0 Å². The molecule has 0 unspecified atom stereocenters. The second-order valence-electron chi connectivity index (χ2n) is 5.32. The molecular formula is C16H20N2O. The van der Waals surface area contributed by atoms with Crippen LogP contribution in [0.1, 0.15) is 25.7 Å². The van der Waals surface area contributed by atoms with Gasteiger partial charge in [0.1, 0.15) is 0 Å². The summed E-state index contributed by atoms with van der Waals surface area (Å²) in [5.41, 5.74) is 1.15. The monoisotopic (exact) mass is 256 g/mol. The van der Waals surface area contributed by atoms with Crippen LogP contribution < -0.4 is 10.9 Å². The number of aromatic nitrogens is 1. The SMILES string of the molecule is O=c1ccc2ccccc2n1CCCCNC1CC1. The molecule has 100 valence electrons. The van der Waals surface area contributed by atoms with Gasteiger partial charge in [0, 0.05) is 18.7 Å². The summed E-state index contributed by atoms with van der Waals surface area (Å²) in [6.45, 7) is 1.89. The Hall–Kier alpha value is -1.61. The molecule has 3 rings (SSSR count). The molecule has 2 aromatic rings. The highest BCUT2D eigenvalue weighted by atomic mass is 16.1. The summed E-state index contributed by atoms with van der Waals surface area (Å²) in [5.74, 6) is 0. The van der Waals surface area contributed by atoms with Gasteiger partial charge in [0.25, 0.3) is 5.56 Å². The van der Waals surface area contributed by atoms with Gasteiger partial charge in [-0.2, -0.15) is 0 Å². The molecule has 0 aliphatic heterocycles. The van der Waals surface area contributed by atoms with Crippen LogP contribution >= 0.6 is 0 Å². The highest BCUT2D eigenvalue weighted by molar-refractivity contribution is 5.78. The average molecular weight is 256 g/mol. The molecule has 0 bridgehead atoms. The maximum atomic E-state index is 12.0. The Morgan fingerprint density at radius 3 is 2.79 bits per heavy atom. The highest BCUT2D eigenvalue weighted by Gasteiger charge is 2.19. The maximum absolute atomic E-state index is 12.0. The maximum Gasteiger partial charge on any atom is 0.251 e. The lowest BCUT2D eigenvalue weighted by molar-refractivity contribution is 0.567. The van der Waals surface area contributed by atoms with Crippen molar-refractivity contribution in [2.45, 2.75) is 38.3 Å². The van der Waals surface area contributed by atoms with Crippen molar-refractivity contribution < 1.29 is 0 Å². The number of hydrogen-bond acceptors (Lipinski definition) is 2. The lowest BCUT2D eigenvalue weighted by Gasteiger charge is -2.10. The molecule has 1 aromatic carbocycles. The zero-order valence-corrected chi connectivity index (χ0v) is 11.1. The lowest BCUT2D eigenvalue weighted by Crippen LogP contribution is -2.21. The number of rotatable bonds is 6. The summed E-state index contributed by atoms with van der Waals surface area (Å²) in [6, 6.07) is 12.4. The summed E-state index contributed by atoms with van der Waals surface area (Å²) >= 11 is 0. The topological polar surface area (TPSA) is 34.0 Å². The molecule has 1 N–H and O–H groups in total. The molecule has 3 heteroatoms. The zero-order valence-electron chi connectivity index (χ0n) is 11.1. The van der Waals surface area contributed by atoms with E-state index in [0.29, 0.717) is 0 Å². The van der Waals surface area contributed by atoms with E-state index < -0.39 is 0 Å². The van der Waals surface area contributed by atoms with Crippen LogP contribution in [-0.4, -0.2) is 17.2 Å². The molecule has 0 saturated heterocycles. The molecule has 1 aliphatic rings. The minimum Gasteiger partial charge on any atom is -0.314 e. The smallest absolute Gasteiger partial charge is 0.251 e. The molecule has 1 aromatic heterocycles. The number of para-hydroxylation sites is 1. The van der Waals surface area contributed by atoms with Crippen LogP contribution in [0.5, 0.6) is 0 Å². The average Bonchev–Trinajstić information content (AvgIpc) is 3.25.